The summed E-state index contributed by atoms with van der Waals surface area (Å²) in [7, 11) is 0. The van der Waals surface area contributed by atoms with Crippen molar-refractivity contribution in [2.75, 3.05) is 6.54 Å². The van der Waals surface area contributed by atoms with E-state index >= 15 is 0 Å². The van der Waals surface area contributed by atoms with E-state index in [2.05, 4.69) is 5.32 Å². The molecular formula is C17H19ClFNO. The summed E-state index contributed by atoms with van der Waals surface area (Å²) < 4.78 is 20.0. The molecule has 0 aliphatic rings. The van der Waals surface area contributed by atoms with E-state index in [0.29, 0.717) is 10.8 Å². The number of ether oxygens (including phenoxy) is 1. The molecule has 1 atom stereocenters. The van der Waals surface area contributed by atoms with E-state index in [0.717, 1.165) is 17.7 Å². The van der Waals surface area contributed by atoms with Crippen LogP contribution in [0.2, 0.25) is 5.02 Å². The van der Waals surface area contributed by atoms with Crippen molar-refractivity contribution < 1.29 is 9.13 Å². The Morgan fingerprint density at radius 2 is 2.05 bits per heavy atom. The molecule has 0 bridgehead atoms. The zero-order valence-electron chi connectivity index (χ0n) is 12.4. The Hall–Kier alpha value is -1.58. The lowest BCUT2D eigenvalue weighted by atomic mass is 10.1. The highest BCUT2D eigenvalue weighted by atomic mass is 35.5. The smallest absolute Gasteiger partial charge is 0.167 e. The van der Waals surface area contributed by atoms with Gasteiger partial charge in [0.05, 0.1) is 0 Å². The van der Waals surface area contributed by atoms with E-state index in [9.17, 15) is 4.39 Å². The third-order valence-electron chi connectivity index (χ3n) is 3.32. The third-order valence-corrected chi connectivity index (χ3v) is 3.56. The third kappa shape index (κ3) is 3.74. The molecule has 1 N–H and O–H groups in total. The lowest BCUT2D eigenvalue weighted by Crippen LogP contribution is -2.18. The topological polar surface area (TPSA) is 21.3 Å². The average Bonchev–Trinajstić information content (AvgIpc) is 2.43. The summed E-state index contributed by atoms with van der Waals surface area (Å²) >= 11 is 5.93. The van der Waals surface area contributed by atoms with Crippen molar-refractivity contribution in [3.05, 3.63) is 58.4 Å². The van der Waals surface area contributed by atoms with Crippen molar-refractivity contribution in [3.8, 4) is 11.5 Å². The van der Waals surface area contributed by atoms with Gasteiger partial charge in [-0.15, -0.1) is 0 Å². The summed E-state index contributed by atoms with van der Waals surface area (Å²) in [4.78, 5) is 0. The van der Waals surface area contributed by atoms with Crippen LogP contribution in [0.15, 0.2) is 36.4 Å². The first-order valence-electron chi connectivity index (χ1n) is 6.98. The van der Waals surface area contributed by atoms with Crippen molar-refractivity contribution in [3.63, 3.8) is 0 Å². The van der Waals surface area contributed by atoms with Crippen LogP contribution in [0.5, 0.6) is 11.5 Å². The van der Waals surface area contributed by atoms with E-state index in [1.165, 1.54) is 6.07 Å². The van der Waals surface area contributed by atoms with Gasteiger partial charge in [-0.1, -0.05) is 30.7 Å². The molecule has 0 aliphatic heterocycles. The van der Waals surface area contributed by atoms with E-state index in [4.69, 9.17) is 16.3 Å². The van der Waals surface area contributed by atoms with Crippen LogP contribution in [0.25, 0.3) is 0 Å². The Kier molecular flexibility index (Phi) is 5.21. The van der Waals surface area contributed by atoms with Crippen molar-refractivity contribution >= 4 is 11.6 Å². The molecule has 112 valence electrons. The van der Waals surface area contributed by atoms with Crippen molar-refractivity contribution in [1.29, 1.82) is 0 Å². The zero-order chi connectivity index (χ0) is 15.4. The molecule has 2 aromatic carbocycles. The molecule has 21 heavy (non-hydrogen) atoms. The maximum atomic E-state index is 14.2. The van der Waals surface area contributed by atoms with Crippen LogP contribution < -0.4 is 10.1 Å². The number of para-hydroxylation sites is 1. The predicted molar refractivity (Wildman–Crippen MR) is 84.8 cm³/mol. The first-order chi connectivity index (χ1) is 10.0. The van der Waals surface area contributed by atoms with Crippen LogP contribution in [0.4, 0.5) is 4.39 Å². The molecule has 0 spiro atoms. The molecule has 0 saturated heterocycles. The normalized spacial score (nSPS) is 12.2. The monoisotopic (exact) mass is 307 g/mol. The Morgan fingerprint density at radius 3 is 2.71 bits per heavy atom. The molecule has 0 heterocycles. The zero-order valence-corrected chi connectivity index (χ0v) is 13.2. The highest BCUT2D eigenvalue weighted by molar-refractivity contribution is 6.30. The van der Waals surface area contributed by atoms with Gasteiger partial charge in [0.15, 0.2) is 11.6 Å². The van der Waals surface area contributed by atoms with Gasteiger partial charge in [0.1, 0.15) is 5.75 Å². The van der Waals surface area contributed by atoms with Gasteiger partial charge < -0.3 is 10.1 Å². The van der Waals surface area contributed by atoms with E-state index < -0.39 is 0 Å². The fourth-order valence-corrected chi connectivity index (χ4v) is 2.45. The van der Waals surface area contributed by atoms with Crippen LogP contribution in [0.3, 0.4) is 0 Å². The van der Waals surface area contributed by atoms with Gasteiger partial charge in [0.25, 0.3) is 0 Å². The minimum absolute atomic E-state index is 0.00769. The van der Waals surface area contributed by atoms with Gasteiger partial charge in [-0.3, -0.25) is 0 Å². The molecule has 2 rings (SSSR count). The second kappa shape index (κ2) is 6.92. The number of nitrogens with one attached hydrogen (secondary N) is 1. The van der Waals surface area contributed by atoms with E-state index in [1.54, 1.807) is 24.3 Å². The molecule has 0 aliphatic carbocycles. The minimum Gasteiger partial charge on any atom is -0.454 e. The molecule has 0 radical (unpaired) electrons. The van der Waals surface area contributed by atoms with Crippen LogP contribution in [-0.4, -0.2) is 6.54 Å². The van der Waals surface area contributed by atoms with Crippen molar-refractivity contribution in [2.24, 2.45) is 0 Å². The second-order valence-corrected chi connectivity index (χ2v) is 5.39. The lowest BCUT2D eigenvalue weighted by Gasteiger charge is -2.18. The van der Waals surface area contributed by atoms with Crippen LogP contribution >= 0.6 is 11.6 Å². The van der Waals surface area contributed by atoms with Crippen molar-refractivity contribution in [1.82, 2.24) is 5.32 Å². The summed E-state index contributed by atoms with van der Waals surface area (Å²) in [6.07, 6.45) is 0. The number of halogens is 2. The molecule has 4 heteroatoms. The molecule has 0 aromatic heterocycles. The van der Waals surface area contributed by atoms with Gasteiger partial charge in [-0.25, -0.2) is 4.39 Å². The number of hydrogen-bond donors (Lipinski definition) is 1. The van der Waals surface area contributed by atoms with E-state index in [1.807, 2.05) is 26.8 Å². The Morgan fingerprint density at radius 1 is 1.29 bits per heavy atom. The molecular weight excluding hydrogens is 289 g/mol. The quantitative estimate of drug-likeness (QED) is 0.814. The fraction of sp³-hybridized carbons (Fsp3) is 0.294. The Balaban J connectivity index is 2.38. The standard InChI is InChI=1S/C17H19ClFNO/c1-4-20-12(3)14-6-5-7-15(19)17(14)21-16-9-8-13(18)10-11(16)2/h5-10,12,20H,4H2,1-3H3. The largest absolute Gasteiger partial charge is 0.454 e. The number of benzene rings is 2. The van der Waals surface area contributed by atoms with Crippen LogP contribution in [-0.2, 0) is 0 Å². The summed E-state index contributed by atoms with van der Waals surface area (Å²) in [6.45, 7) is 6.69. The Labute approximate surface area is 129 Å². The predicted octanol–water partition coefficient (Wildman–Crippen LogP) is 5.25. The first-order valence-corrected chi connectivity index (χ1v) is 7.36. The Bertz CT molecular complexity index is 630. The maximum absolute atomic E-state index is 14.2. The molecule has 0 amide bonds. The van der Waals surface area contributed by atoms with Gasteiger partial charge >= 0.3 is 0 Å². The van der Waals surface area contributed by atoms with Gasteiger partial charge in [-0.05, 0) is 50.2 Å². The van der Waals surface area contributed by atoms with E-state index in [-0.39, 0.29) is 17.6 Å². The summed E-state index contributed by atoms with van der Waals surface area (Å²) in [5, 5.41) is 3.91. The summed E-state index contributed by atoms with van der Waals surface area (Å²) in [6, 6.07) is 10.3. The average molecular weight is 308 g/mol. The fourth-order valence-electron chi connectivity index (χ4n) is 2.23. The number of rotatable bonds is 5. The van der Waals surface area contributed by atoms with Gasteiger partial charge in [0.2, 0.25) is 0 Å². The summed E-state index contributed by atoms with van der Waals surface area (Å²) in [5.74, 6) is 0.498. The lowest BCUT2D eigenvalue weighted by molar-refractivity contribution is 0.424. The second-order valence-electron chi connectivity index (χ2n) is 4.95. The highest BCUT2D eigenvalue weighted by Gasteiger charge is 2.16. The number of aryl methyl sites for hydroxylation is 1. The molecule has 0 saturated carbocycles. The molecule has 1 unspecified atom stereocenters. The van der Waals surface area contributed by atoms with Gasteiger partial charge in [-0.2, -0.15) is 0 Å². The first kappa shape index (κ1) is 15.8. The van der Waals surface area contributed by atoms with Crippen molar-refractivity contribution in [2.45, 2.75) is 26.8 Å². The highest BCUT2D eigenvalue weighted by Crippen LogP contribution is 2.34. The minimum atomic E-state index is -0.369. The SMILES string of the molecule is CCNC(C)c1cccc(F)c1Oc1ccc(Cl)cc1C. The molecule has 2 aromatic rings. The summed E-state index contributed by atoms with van der Waals surface area (Å²) in [5.41, 5.74) is 1.67. The van der Waals surface area contributed by atoms with Gasteiger partial charge in [0, 0.05) is 16.6 Å². The maximum Gasteiger partial charge on any atom is 0.167 e. The van der Waals surface area contributed by atoms with Crippen LogP contribution in [0, 0.1) is 12.7 Å². The molecule has 0 fully saturated rings. The van der Waals surface area contributed by atoms with Crippen LogP contribution in [0.1, 0.15) is 31.0 Å². The molecule has 2 nitrogen and oxygen atoms in total. The number of hydrogen-bond acceptors (Lipinski definition) is 2.